The first kappa shape index (κ1) is 13.7. The molecule has 108 valence electrons. The van der Waals surface area contributed by atoms with E-state index in [-0.39, 0.29) is 5.54 Å². The molecule has 1 aromatic carbocycles. The molecule has 0 aliphatic heterocycles. The quantitative estimate of drug-likeness (QED) is 0.799. The predicted molar refractivity (Wildman–Crippen MR) is 81.6 cm³/mol. The van der Waals surface area contributed by atoms with Gasteiger partial charge < -0.3 is 9.84 Å². The van der Waals surface area contributed by atoms with Crippen LogP contribution in [0, 0.1) is 0 Å². The molecule has 0 bridgehead atoms. The van der Waals surface area contributed by atoms with Gasteiger partial charge in [0, 0.05) is 17.1 Å². The van der Waals surface area contributed by atoms with Gasteiger partial charge in [0.25, 0.3) is 0 Å². The molecule has 0 saturated carbocycles. The highest BCUT2D eigenvalue weighted by molar-refractivity contribution is 5.92. The second-order valence-electron chi connectivity index (χ2n) is 6.00. The molecule has 2 heterocycles. The molecule has 0 radical (unpaired) electrons. The van der Waals surface area contributed by atoms with E-state index in [1.54, 1.807) is 6.20 Å². The maximum absolute atomic E-state index is 5.30. The molecule has 0 fully saturated rings. The maximum Gasteiger partial charge on any atom is 0.240 e. The number of hydrogen-bond donors (Lipinski definition) is 1. The van der Waals surface area contributed by atoms with Crippen molar-refractivity contribution < 1.29 is 4.52 Å². The van der Waals surface area contributed by atoms with Gasteiger partial charge in [0.15, 0.2) is 0 Å². The van der Waals surface area contributed by atoms with E-state index in [2.05, 4.69) is 41.2 Å². The Labute approximate surface area is 123 Å². The summed E-state index contributed by atoms with van der Waals surface area (Å²) in [6, 6.07) is 10.0. The van der Waals surface area contributed by atoms with Gasteiger partial charge in [0.1, 0.15) is 5.69 Å². The third-order valence-corrected chi connectivity index (χ3v) is 3.12. The van der Waals surface area contributed by atoms with Crippen molar-refractivity contribution in [3.63, 3.8) is 0 Å². The minimum absolute atomic E-state index is 0.00628. The van der Waals surface area contributed by atoms with Crippen LogP contribution in [0.5, 0.6) is 0 Å². The molecule has 0 unspecified atom stereocenters. The summed E-state index contributed by atoms with van der Waals surface area (Å²) in [7, 11) is 0. The summed E-state index contributed by atoms with van der Waals surface area (Å²) in [4.78, 5) is 8.82. The Hall–Kier alpha value is -2.27. The lowest BCUT2D eigenvalue weighted by atomic mass is 10.1. The molecule has 3 rings (SSSR count). The van der Waals surface area contributed by atoms with Crippen LogP contribution >= 0.6 is 0 Å². The van der Waals surface area contributed by atoms with Gasteiger partial charge in [-0.2, -0.15) is 4.98 Å². The third-order valence-electron chi connectivity index (χ3n) is 3.12. The second kappa shape index (κ2) is 5.26. The zero-order valence-electron chi connectivity index (χ0n) is 12.4. The molecule has 0 aliphatic rings. The van der Waals surface area contributed by atoms with Crippen molar-refractivity contribution in [3.05, 3.63) is 42.4 Å². The highest BCUT2D eigenvalue weighted by Crippen LogP contribution is 2.24. The lowest BCUT2D eigenvalue weighted by Gasteiger charge is -2.18. The first-order valence-corrected chi connectivity index (χ1v) is 6.95. The number of fused-ring (bicyclic) bond motifs is 1. The van der Waals surface area contributed by atoms with Crippen LogP contribution in [0.1, 0.15) is 26.7 Å². The highest BCUT2D eigenvalue weighted by atomic mass is 16.5. The number of nitrogens with zero attached hydrogens (tertiary/aromatic N) is 3. The molecule has 3 aromatic rings. The number of benzene rings is 1. The summed E-state index contributed by atoms with van der Waals surface area (Å²) in [5.74, 6) is 1.09. The Morgan fingerprint density at radius 2 is 1.95 bits per heavy atom. The van der Waals surface area contributed by atoms with Gasteiger partial charge in [0.05, 0.1) is 6.54 Å². The van der Waals surface area contributed by atoms with E-state index in [0.29, 0.717) is 18.3 Å². The van der Waals surface area contributed by atoms with Crippen LogP contribution in [0.25, 0.3) is 22.3 Å². The fourth-order valence-electron chi connectivity index (χ4n) is 2.06. The average Bonchev–Trinajstić information content (AvgIpc) is 2.92. The van der Waals surface area contributed by atoms with Gasteiger partial charge >= 0.3 is 0 Å². The van der Waals surface area contributed by atoms with Gasteiger partial charge in [-0.1, -0.05) is 29.4 Å². The molecule has 2 aromatic heterocycles. The number of aromatic nitrogens is 3. The Bertz CT molecular complexity index is 753. The third kappa shape index (κ3) is 3.08. The standard InChI is InChI=1S/C16H18N4O/c1-16(2,3)18-10-13-19-15(20-21-13)14-12-7-5-4-6-11(12)8-9-17-14/h4-9,18H,10H2,1-3H3. The van der Waals surface area contributed by atoms with Gasteiger partial charge in [-0.05, 0) is 32.2 Å². The number of pyridine rings is 1. The Morgan fingerprint density at radius 1 is 1.14 bits per heavy atom. The predicted octanol–water partition coefficient (Wildman–Crippen LogP) is 3.17. The SMILES string of the molecule is CC(C)(C)NCc1nc(-c2nccc3ccccc23)no1. The largest absolute Gasteiger partial charge is 0.337 e. The van der Waals surface area contributed by atoms with Crippen molar-refractivity contribution in [2.75, 3.05) is 0 Å². The van der Waals surface area contributed by atoms with Gasteiger partial charge in [-0.3, -0.25) is 4.98 Å². The molecule has 21 heavy (non-hydrogen) atoms. The van der Waals surface area contributed by atoms with Gasteiger partial charge in [0.2, 0.25) is 11.7 Å². The molecule has 0 atom stereocenters. The monoisotopic (exact) mass is 282 g/mol. The summed E-state index contributed by atoms with van der Waals surface area (Å²) in [5.41, 5.74) is 0.755. The van der Waals surface area contributed by atoms with E-state index in [1.165, 1.54) is 0 Å². The van der Waals surface area contributed by atoms with Crippen molar-refractivity contribution >= 4 is 10.8 Å². The van der Waals surface area contributed by atoms with E-state index < -0.39 is 0 Å². The van der Waals surface area contributed by atoms with E-state index in [1.807, 2.05) is 30.3 Å². The van der Waals surface area contributed by atoms with Crippen molar-refractivity contribution in [1.29, 1.82) is 0 Å². The molecule has 1 N–H and O–H groups in total. The fourth-order valence-corrected chi connectivity index (χ4v) is 2.06. The summed E-state index contributed by atoms with van der Waals surface area (Å²) in [6.45, 7) is 6.82. The lowest BCUT2D eigenvalue weighted by Crippen LogP contribution is -2.35. The average molecular weight is 282 g/mol. The fraction of sp³-hybridized carbons (Fsp3) is 0.312. The van der Waals surface area contributed by atoms with E-state index >= 15 is 0 Å². The van der Waals surface area contributed by atoms with Gasteiger partial charge in [-0.25, -0.2) is 0 Å². The molecular weight excluding hydrogens is 264 g/mol. The Balaban J connectivity index is 1.92. The van der Waals surface area contributed by atoms with Crippen molar-refractivity contribution in [3.8, 4) is 11.5 Å². The van der Waals surface area contributed by atoms with Crippen LogP contribution in [0.4, 0.5) is 0 Å². The molecule has 5 nitrogen and oxygen atoms in total. The van der Waals surface area contributed by atoms with Crippen LogP contribution in [0.15, 0.2) is 41.1 Å². The van der Waals surface area contributed by atoms with Crippen LogP contribution in [0.2, 0.25) is 0 Å². The second-order valence-corrected chi connectivity index (χ2v) is 6.00. The topological polar surface area (TPSA) is 63.8 Å². The van der Waals surface area contributed by atoms with Crippen LogP contribution in [0.3, 0.4) is 0 Å². The molecule has 0 amide bonds. The van der Waals surface area contributed by atoms with E-state index in [4.69, 9.17) is 4.52 Å². The van der Waals surface area contributed by atoms with Crippen molar-refractivity contribution in [1.82, 2.24) is 20.4 Å². The molecule has 0 saturated heterocycles. The molecule has 5 heteroatoms. The van der Waals surface area contributed by atoms with E-state index in [9.17, 15) is 0 Å². The van der Waals surface area contributed by atoms with Crippen LogP contribution < -0.4 is 5.32 Å². The summed E-state index contributed by atoms with van der Waals surface area (Å²) in [6.07, 6.45) is 1.76. The van der Waals surface area contributed by atoms with Crippen molar-refractivity contribution in [2.45, 2.75) is 32.9 Å². The van der Waals surface area contributed by atoms with Crippen molar-refractivity contribution in [2.24, 2.45) is 0 Å². The molecular formula is C16H18N4O. The maximum atomic E-state index is 5.30. The lowest BCUT2D eigenvalue weighted by molar-refractivity contribution is 0.336. The Kier molecular flexibility index (Phi) is 3.43. The normalized spacial score (nSPS) is 12.0. The minimum atomic E-state index is 0.00628. The molecule has 0 spiro atoms. The zero-order valence-corrected chi connectivity index (χ0v) is 12.4. The van der Waals surface area contributed by atoms with Crippen LogP contribution in [-0.2, 0) is 6.54 Å². The zero-order chi connectivity index (χ0) is 14.9. The Morgan fingerprint density at radius 3 is 2.76 bits per heavy atom. The smallest absolute Gasteiger partial charge is 0.240 e. The summed E-state index contributed by atoms with van der Waals surface area (Å²) in [5, 5.41) is 9.51. The molecule has 0 aliphatic carbocycles. The number of hydrogen-bond acceptors (Lipinski definition) is 5. The van der Waals surface area contributed by atoms with Crippen LogP contribution in [-0.4, -0.2) is 20.7 Å². The minimum Gasteiger partial charge on any atom is -0.337 e. The first-order chi connectivity index (χ1) is 10.0. The number of nitrogens with one attached hydrogen (secondary N) is 1. The van der Waals surface area contributed by atoms with E-state index in [0.717, 1.165) is 16.5 Å². The first-order valence-electron chi connectivity index (χ1n) is 6.95. The summed E-state index contributed by atoms with van der Waals surface area (Å²) >= 11 is 0. The highest BCUT2D eigenvalue weighted by Gasteiger charge is 2.15. The van der Waals surface area contributed by atoms with Gasteiger partial charge in [-0.15, -0.1) is 0 Å². The summed E-state index contributed by atoms with van der Waals surface area (Å²) < 4.78 is 5.30. The number of rotatable bonds is 3.